The Morgan fingerprint density at radius 3 is 3.27 bits per heavy atom. The van der Waals surface area contributed by atoms with Crippen LogP contribution >= 0.6 is 0 Å². The predicted octanol–water partition coefficient (Wildman–Crippen LogP) is 1.37. The molecule has 0 aromatic heterocycles. The maximum absolute atomic E-state index is 9.43. The Bertz CT molecular complexity index is 378. The first-order valence-electron chi connectivity index (χ1n) is 5.51. The number of fused-ring (bicyclic) bond motifs is 3. The SMILES string of the molecule is Oc1ccc2c(c1)CCC1NCCOC21. The van der Waals surface area contributed by atoms with Crippen LogP contribution < -0.4 is 5.32 Å². The maximum atomic E-state index is 9.43. The van der Waals surface area contributed by atoms with Crippen molar-refractivity contribution >= 4 is 0 Å². The average Bonchev–Trinajstić information content (AvgIpc) is 2.28. The van der Waals surface area contributed by atoms with Crippen molar-refractivity contribution in [2.24, 2.45) is 0 Å². The number of hydrogen-bond donors (Lipinski definition) is 2. The minimum absolute atomic E-state index is 0.183. The Morgan fingerprint density at radius 2 is 2.33 bits per heavy atom. The highest BCUT2D eigenvalue weighted by atomic mass is 16.5. The first kappa shape index (κ1) is 9.19. The van der Waals surface area contributed by atoms with Crippen LogP contribution in [0, 0.1) is 0 Å². The summed E-state index contributed by atoms with van der Waals surface area (Å²) >= 11 is 0. The minimum atomic E-state index is 0.183. The Morgan fingerprint density at radius 1 is 1.40 bits per heavy atom. The molecule has 2 N–H and O–H groups in total. The maximum Gasteiger partial charge on any atom is 0.115 e. The number of aryl methyl sites for hydroxylation is 1. The second kappa shape index (κ2) is 3.51. The van der Waals surface area contributed by atoms with Crippen molar-refractivity contribution in [1.82, 2.24) is 5.32 Å². The molecule has 0 amide bonds. The molecule has 0 spiro atoms. The van der Waals surface area contributed by atoms with Gasteiger partial charge in [0.1, 0.15) is 5.75 Å². The van der Waals surface area contributed by atoms with Gasteiger partial charge in [0, 0.05) is 12.6 Å². The molecule has 1 heterocycles. The van der Waals surface area contributed by atoms with E-state index in [9.17, 15) is 5.11 Å². The summed E-state index contributed by atoms with van der Waals surface area (Å²) in [6.45, 7) is 1.73. The number of morpholine rings is 1. The van der Waals surface area contributed by atoms with Crippen molar-refractivity contribution in [2.45, 2.75) is 25.0 Å². The van der Waals surface area contributed by atoms with Gasteiger partial charge in [-0.15, -0.1) is 0 Å². The van der Waals surface area contributed by atoms with E-state index in [4.69, 9.17) is 4.74 Å². The van der Waals surface area contributed by atoms with Crippen LogP contribution in [0.3, 0.4) is 0 Å². The topological polar surface area (TPSA) is 41.5 Å². The largest absolute Gasteiger partial charge is 0.508 e. The van der Waals surface area contributed by atoms with E-state index in [-0.39, 0.29) is 6.10 Å². The lowest BCUT2D eigenvalue weighted by molar-refractivity contribution is -0.0127. The second-order valence-electron chi connectivity index (χ2n) is 4.27. The molecule has 2 aliphatic rings. The molecule has 1 aromatic rings. The molecule has 1 aliphatic heterocycles. The lowest BCUT2D eigenvalue weighted by Crippen LogP contribution is -2.45. The van der Waals surface area contributed by atoms with Crippen molar-refractivity contribution in [3.63, 3.8) is 0 Å². The van der Waals surface area contributed by atoms with E-state index < -0.39 is 0 Å². The fraction of sp³-hybridized carbons (Fsp3) is 0.500. The molecule has 3 nitrogen and oxygen atoms in total. The number of phenolic OH excluding ortho intramolecular Hbond substituents is 1. The summed E-state index contributed by atoms with van der Waals surface area (Å²) in [7, 11) is 0. The molecule has 1 aromatic carbocycles. The van der Waals surface area contributed by atoms with Crippen LogP contribution in [0.15, 0.2) is 18.2 Å². The molecule has 0 radical (unpaired) electrons. The molecule has 80 valence electrons. The fourth-order valence-corrected chi connectivity index (χ4v) is 2.61. The highest BCUT2D eigenvalue weighted by molar-refractivity contribution is 5.39. The normalized spacial score (nSPS) is 29.3. The third kappa shape index (κ3) is 1.52. The van der Waals surface area contributed by atoms with E-state index in [0.29, 0.717) is 11.8 Å². The minimum Gasteiger partial charge on any atom is -0.508 e. The molecule has 2 unspecified atom stereocenters. The van der Waals surface area contributed by atoms with Crippen molar-refractivity contribution in [2.75, 3.05) is 13.2 Å². The fourth-order valence-electron chi connectivity index (χ4n) is 2.61. The molecule has 1 saturated heterocycles. The summed E-state index contributed by atoms with van der Waals surface area (Å²) in [4.78, 5) is 0. The van der Waals surface area contributed by atoms with Crippen molar-refractivity contribution in [3.05, 3.63) is 29.3 Å². The van der Waals surface area contributed by atoms with E-state index in [1.54, 1.807) is 6.07 Å². The molecular weight excluding hydrogens is 190 g/mol. The smallest absolute Gasteiger partial charge is 0.115 e. The summed E-state index contributed by atoms with van der Waals surface area (Å²) in [5.74, 6) is 0.357. The van der Waals surface area contributed by atoms with E-state index in [1.165, 1.54) is 11.1 Å². The van der Waals surface area contributed by atoms with Crippen LogP contribution in [0.2, 0.25) is 0 Å². The summed E-state index contributed by atoms with van der Waals surface area (Å²) in [5, 5.41) is 12.9. The summed E-state index contributed by atoms with van der Waals surface area (Å²) in [6.07, 6.45) is 2.31. The highest BCUT2D eigenvalue weighted by Gasteiger charge is 2.32. The molecule has 2 atom stereocenters. The van der Waals surface area contributed by atoms with E-state index >= 15 is 0 Å². The third-order valence-electron chi connectivity index (χ3n) is 3.33. The zero-order valence-corrected chi connectivity index (χ0v) is 8.57. The standard InChI is InChI=1S/C12H15NO2/c14-9-2-3-10-8(7-9)1-4-11-12(10)15-6-5-13-11/h2-3,7,11-14H,1,4-6H2. The number of aromatic hydroxyl groups is 1. The molecule has 0 saturated carbocycles. The van der Waals surface area contributed by atoms with Gasteiger partial charge >= 0.3 is 0 Å². The quantitative estimate of drug-likeness (QED) is 0.672. The Hall–Kier alpha value is -1.06. The summed E-state index contributed by atoms with van der Waals surface area (Å²) in [5.41, 5.74) is 2.48. The zero-order valence-electron chi connectivity index (χ0n) is 8.57. The average molecular weight is 205 g/mol. The van der Waals surface area contributed by atoms with Crippen LogP contribution in [0.1, 0.15) is 23.7 Å². The monoisotopic (exact) mass is 205 g/mol. The van der Waals surface area contributed by atoms with Crippen molar-refractivity contribution < 1.29 is 9.84 Å². The van der Waals surface area contributed by atoms with Gasteiger partial charge in [-0.3, -0.25) is 0 Å². The van der Waals surface area contributed by atoms with Crippen LogP contribution in [-0.2, 0) is 11.2 Å². The van der Waals surface area contributed by atoms with Crippen LogP contribution in [0.5, 0.6) is 5.75 Å². The number of ether oxygens (including phenoxy) is 1. The molecule has 1 fully saturated rings. The Kier molecular flexibility index (Phi) is 2.15. The number of phenols is 1. The van der Waals surface area contributed by atoms with Gasteiger partial charge in [0.05, 0.1) is 12.7 Å². The number of nitrogens with one attached hydrogen (secondary N) is 1. The van der Waals surface area contributed by atoms with E-state index in [2.05, 4.69) is 5.32 Å². The third-order valence-corrected chi connectivity index (χ3v) is 3.33. The van der Waals surface area contributed by atoms with Crippen molar-refractivity contribution in [1.29, 1.82) is 0 Å². The molecular formula is C12H15NO2. The van der Waals surface area contributed by atoms with E-state index in [1.807, 2.05) is 12.1 Å². The van der Waals surface area contributed by atoms with Crippen LogP contribution in [-0.4, -0.2) is 24.3 Å². The summed E-state index contributed by atoms with van der Waals surface area (Å²) < 4.78 is 5.80. The van der Waals surface area contributed by atoms with Gasteiger partial charge in [-0.1, -0.05) is 6.07 Å². The second-order valence-corrected chi connectivity index (χ2v) is 4.27. The summed E-state index contributed by atoms with van der Waals surface area (Å²) in [6, 6.07) is 6.06. The first-order valence-corrected chi connectivity index (χ1v) is 5.51. The van der Waals surface area contributed by atoms with Gasteiger partial charge in [0.25, 0.3) is 0 Å². The highest BCUT2D eigenvalue weighted by Crippen LogP contribution is 2.35. The zero-order chi connectivity index (χ0) is 10.3. The molecule has 1 aliphatic carbocycles. The molecule has 0 bridgehead atoms. The lowest BCUT2D eigenvalue weighted by atomic mass is 9.85. The predicted molar refractivity (Wildman–Crippen MR) is 56.9 cm³/mol. The van der Waals surface area contributed by atoms with Crippen LogP contribution in [0.4, 0.5) is 0 Å². The Labute approximate surface area is 89.1 Å². The molecule has 3 rings (SSSR count). The number of rotatable bonds is 0. The van der Waals surface area contributed by atoms with Gasteiger partial charge in [0.15, 0.2) is 0 Å². The van der Waals surface area contributed by atoms with Gasteiger partial charge in [0.2, 0.25) is 0 Å². The van der Waals surface area contributed by atoms with Crippen molar-refractivity contribution in [3.8, 4) is 5.75 Å². The van der Waals surface area contributed by atoms with Gasteiger partial charge < -0.3 is 15.2 Å². The lowest BCUT2D eigenvalue weighted by Gasteiger charge is -2.37. The Balaban J connectivity index is 1.99. The molecule has 3 heteroatoms. The van der Waals surface area contributed by atoms with Gasteiger partial charge in [-0.05, 0) is 36.1 Å². The number of benzene rings is 1. The first-order chi connectivity index (χ1) is 7.34. The van der Waals surface area contributed by atoms with Crippen LogP contribution in [0.25, 0.3) is 0 Å². The van der Waals surface area contributed by atoms with Gasteiger partial charge in [-0.25, -0.2) is 0 Å². The van der Waals surface area contributed by atoms with Gasteiger partial charge in [-0.2, -0.15) is 0 Å². The molecule has 15 heavy (non-hydrogen) atoms. The van der Waals surface area contributed by atoms with E-state index in [0.717, 1.165) is 26.0 Å². The number of hydrogen-bond acceptors (Lipinski definition) is 3.